The molecule has 0 radical (unpaired) electrons. The van der Waals surface area contributed by atoms with Crippen LogP contribution >= 0.6 is 0 Å². The zero-order valence-corrected chi connectivity index (χ0v) is 24.5. The van der Waals surface area contributed by atoms with Gasteiger partial charge in [0.15, 0.2) is 0 Å². The first kappa shape index (κ1) is 28.9. The zero-order chi connectivity index (χ0) is 26.8. The minimum atomic E-state index is -0.307. The molecule has 2 aliphatic rings. The molecule has 2 aromatic rings. The Morgan fingerprint density at radius 1 is 0.711 bits per heavy atom. The summed E-state index contributed by atoms with van der Waals surface area (Å²) in [6.45, 7) is 7.16. The lowest BCUT2D eigenvalue weighted by Crippen LogP contribution is -2.34. The number of ether oxygens (including phenoxy) is 1. The standard InChI is InChI=1S/C36H52O2/c1-4-6-8-10-28-11-13-29(14-12-28)30-15-17-31(18-16-30)32-19-21-33(22-20-32)34-23-25-36(3,26-24-34)35(37)38-27-9-7-5-2/h15-22,28-29,34H,4-14,23-27H2,1-3H3. The van der Waals surface area contributed by atoms with E-state index in [2.05, 4.69) is 69.3 Å². The summed E-state index contributed by atoms with van der Waals surface area (Å²) < 4.78 is 5.62. The second kappa shape index (κ2) is 14.3. The molecule has 0 bridgehead atoms. The predicted octanol–water partition coefficient (Wildman–Crippen LogP) is 10.6. The van der Waals surface area contributed by atoms with Crippen molar-refractivity contribution < 1.29 is 9.53 Å². The van der Waals surface area contributed by atoms with Crippen molar-refractivity contribution in [2.24, 2.45) is 11.3 Å². The number of rotatable bonds is 12. The van der Waals surface area contributed by atoms with E-state index in [4.69, 9.17) is 4.74 Å². The average molecular weight is 517 g/mol. The molecule has 0 atom stereocenters. The molecule has 0 amide bonds. The molecular weight excluding hydrogens is 464 g/mol. The molecule has 2 saturated carbocycles. The van der Waals surface area contributed by atoms with Crippen molar-refractivity contribution in [1.29, 1.82) is 0 Å². The third-order valence-corrected chi connectivity index (χ3v) is 9.72. The lowest BCUT2D eigenvalue weighted by Gasteiger charge is -2.35. The average Bonchev–Trinajstić information content (AvgIpc) is 2.96. The van der Waals surface area contributed by atoms with Crippen LogP contribution in [0.2, 0.25) is 0 Å². The number of carbonyl (C=O) groups excluding carboxylic acids is 1. The molecule has 2 aliphatic carbocycles. The number of benzene rings is 2. The van der Waals surface area contributed by atoms with E-state index in [9.17, 15) is 4.79 Å². The van der Waals surface area contributed by atoms with Crippen LogP contribution in [0.15, 0.2) is 48.5 Å². The first-order valence-corrected chi connectivity index (χ1v) is 15.9. The highest BCUT2D eigenvalue weighted by Crippen LogP contribution is 2.44. The first-order valence-electron chi connectivity index (χ1n) is 15.9. The minimum absolute atomic E-state index is 0.0193. The Hall–Kier alpha value is -2.09. The van der Waals surface area contributed by atoms with Crippen LogP contribution in [-0.2, 0) is 9.53 Å². The van der Waals surface area contributed by atoms with Crippen molar-refractivity contribution >= 4 is 5.97 Å². The molecule has 2 heteroatoms. The van der Waals surface area contributed by atoms with Crippen molar-refractivity contribution in [2.45, 2.75) is 129 Å². The Morgan fingerprint density at radius 3 is 1.74 bits per heavy atom. The third kappa shape index (κ3) is 7.73. The fourth-order valence-corrected chi connectivity index (χ4v) is 6.85. The second-order valence-electron chi connectivity index (χ2n) is 12.6. The van der Waals surface area contributed by atoms with Crippen LogP contribution in [0.5, 0.6) is 0 Å². The molecule has 2 fully saturated rings. The maximum absolute atomic E-state index is 12.7. The molecule has 0 unspecified atom stereocenters. The fourth-order valence-electron chi connectivity index (χ4n) is 6.85. The topological polar surface area (TPSA) is 26.3 Å². The Labute approximate surface area is 233 Å². The van der Waals surface area contributed by atoms with Crippen molar-refractivity contribution in [3.8, 4) is 11.1 Å². The van der Waals surface area contributed by atoms with Gasteiger partial charge in [-0.3, -0.25) is 4.79 Å². The van der Waals surface area contributed by atoms with Gasteiger partial charge in [-0.05, 0) is 105 Å². The van der Waals surface area contributed by atoms with Gasteiger partial charge in [-0.15, -0.1) is 0 Å². The van der Waals surface area contributed by atoms with Crippen LogP contribution in [0.4, 0.5) is 0 Å². The lowest BCUT2D eigenvalue weighted by molar-refractivity contribution is -0.157. The van der Waals surface area contributed by atoms with E-state index in [1.54, 1.807) is 0 Å². The van der Waals surface area contributed by atoms with E-state index in [-0.39, 0.29) is 11.4 Å². The highest BCUT2D eigenvalue weighted by Gasteiger charge is 2.39. The largest absolute Gasteiger partial charge is 0.465 e. The summed E-state index contributed by atoms with van der Waals surface area (Å²) in [5, 5.41) is 0. The summed E-state index contributed by atoms with van der Waals surface area (Å²) in [5.74, 6) is 2.28. The summed E-state index contributed by atoms with van der Waals surface area (Å²) in [6.07, 6.45) is 18.4. The molecule has 2 aromatic carbocycles. The van der Waals surface area contributed by atoms with Crippen LogP contribution in [0, 0.1) is 11.3 Å². The van der Waals surface area contributed by atoms with Gasteiger partial charge in [-0.1, -0.05) is 101 Å². The monoisotopic (exact) mass is 516 g/mol. The van der Waals surface area contributed by atoms with Crippen molar-refractivity contribution in [3.05, 3.63) is 59.7 Å². The molecule has 0 aliphatic heterocycles. The molecule has 0 spiro atoms. The van der Waals surface area contributed by atoms with Crippen LogP contribution in [0.25, 0.3) is 11.1 Å². The second-order valence-corrected chi connectivity index (χ2v) is 12.6. The predicted molar refractivity (Wildman–Crippen MR) is 161 cm³/mol. The molecule has 208 valence electrons. The maximum atomic E-state index is 12.7. The normalized spacial score (nSPS) is 25.7. The van der Waals surface area contributed by atoms with E-state index in [0.29, 0.717) is 12.5 Å². The van der Waals surface area contributed by atoms with Gasteiger partial charge in [0.1, 0.15) is 0 Å². The lowest BCUT2D eigenvalue weighted by atomic mass is 9.70. The van der Waals surface area contributed by atoms with E-state index < -0.39 is 0 Å². The molecule has 0 aromatic heterocycles. The van der Waals surface area contributed by atoms with Crippen LogP contribution < -0.4 is 0 Å². The van der Waals surface area contributed by atoms with Gasteiger partial charge < -0.3 is 4.74 Å². The summed E-state index contributed by atoms with van der Waals surface area (Å²) in [5.41, 5.74) is 5.26. The number of hydrogen-bond donors (Lipinski definition) is 0. The SMILES string of the molecule is CCCCCOC(=O)C1(C)CCC(c2ccc(-c3ccc(C4CCC(CCCCC)CC4)cc3)cc2)CC1. The number of carbonyl (C=O) groups is 1. The van der Waals surface area contributed by atoms with E-state index in [1.807, 2.05) is 0 Å². The van der Waals surface area contributed by atoms with Gasteiger partial charge in [-0.2, -0.15) is 0 Å². The maximum Gasteiger partial charge on any atom is 0.311 e. The third-order valence-electron chi connectivity index (χ3n) is 9.72. The van der Waals surface area contributed by atoms with E-state index in [1.165, 1.54) is 73.6 Å². The van der Waals surface area contributed by atoms with Gasteiger partial charge in [0.2, 0.25) is 0 Å². The Morgan fingerprint density at radius 2 is 1.21 bits per heavy atom. The van der Waals surface area contributed by atoms with Gasteiger partial charge in [0, 0.05) is 0 Å². The molecule has 0 N–H and O–H groups in total. The Balaban J connectivity index is 1.25. The molecular formula is C36H52O2. The molecule has 4 rings (SSSR count). The highest BCUT2D eigenvalue weighted by molar-refractivity contribution is 5.76. The number of esters is 1. The van der Waals surface area contributed by atoms with Crippen molar-refractivity contribution in [2.75, 3.05) is 6.61 Å². The van der Waals surface area contributed by atoms with Gasteiger partial charge in [0.25, 0.3) is 0 Å². The van der Waals surface area contributed by atoms with Crippen LogP contribution in [-0.4, -0.2) is 12.6 Å². The summed E-state index contributed by atoms with van der Waals surface area (Å²) in [4.78, 5) is 12.7. The Bertz CT molecular complexity index is 957. The summed E-state index contributed by atoms with van der Waals surface area (Å²) in [6, 6.07) is 18.6. The van der Waals surface area contributed by atoms with Crippen molar-refractivity contribution in [1.82, 2.24) is 0 Å². The molecule has 2 nitrogen and oxygen atoms in total. The first-order chi connectivity index (χ1) is 18.5. The van der Waals surface area contributed by atoms with E-state index in [0.717, 1.165) is 56.8 Å². The highest BCUT2D eigenvalue weighted by atomic mass is 16.5. The van der Waals surface area contributed by atoms with Crippen molar-refractivity contribution in [3.63, 3.8) is 0 Å². The molecule has 0 saturated heterocycles. The number of hydrogen-bond acceptors (Lipinski definition) is 2. The molecule has 38 heavy (non-hydrogen) atoms. The van der Waals surface area contributed by atoms with Gasteiger partial charge in [0.05, 0.1) is 12.0 Å². The number of unbranched alkanes of at least 4 members (excludes halogenated alkanes) is 4. The minimum Gasteiger partial charge on any atom is -0.465 e. The van der Waals surface area contributed by atoms with Gasteiger partial charge >= 0.3 is 5.97 Å². The fraction of sp³-hybridized carbons (Fsp3) is 0.639. The smallest absolute Gasteiger partial charge is 0.311 e. The summed E-state index contributed by atoms with van der Waals surface area (Å²) in [7, 11) is 0. The van der Waals surface area contributed by atoms with Crippen LogP contribution in [0.3, 0.4) is 0 Å². The zero-order valence-electron chi connectivity index (χ0n) is 24.5. The van der Waals surface area contributed by atoms with Crippen LogP contribution in [0.1, 0.15) is 140 Å². The van der Waals surface area contributed by atoms with Gasteiger partial charge in [-0.25, -0.2) is 0 Å². The Kier molecular flexibility index (Phi) is 10.9. The molecule has 0 heterocycles. The summed E-state index contributed by atoms with van der Waals surface area (Å²) >= 11 is 0. The quantitative estimate of drug-likeness (QED) is 0.207. The van der Waals surface area contributed by atoms with E-state index >= 15 is 0 Å².